The van der Waals surface area contributed by atoms with Gasteiger partial charge in [-0.2, -0.15) is 0 Å². The molecule has 4 aromatic rings. The molecule has 0 saturated heterocycles. The van der Waals surface area contributed by atoms with E-state index in [0.29, 0.717) is 11.9 Å². The van der Waals surface area contributed by atoms with Crippen molar-refractivity contribution in [1.82, 2.24) is 19.1 Å². The molecule has 0 bridgehead atoms. The Bertz CT molecular complexity index is 1130. The minimum atomic E-state index is -0.351. The SMILES string of the molecule is CCn1c(C2N=C(N)Nc3nc4ccccc4n32)nc2ccccc21. The fourth-order valence-electron chi connectivity index (χ4n) is 3.51. The van der Waals surface area contributed by atoms with E-state index in [-0.39, 0.29) is 6.17 Å². The summed E-state index contributed by atoms with van der Waals surface area (Å²) in [6, 6.07) is 16.1. The summed E-state index contributed by atoms with van der Waals surface area (Å²) in [6.45, 7) is 2.91. The molecule has 3 heterocycles. The number of nitrogens with one attached hydrogen (secondary N) is 1. The molecular formula is C18H17N7. The molecule has 1 unspecified atom stereocenters. The molecule has 2 aromatic carbocycles. The first-order valence-corrected chi connectivity index (χ1v) is 8.28. The van der Waals surface area contributed by atoms with Crippen molar-refractivity contribution < 1.29 is 0 Å². The number of guanidine groups is 1. The highest BCUT2D eigenvalue weighted by Gasteiger charge is 2.29. The Morgan fingerprint density at radius 2 is 1.68 bits per heavy atom. The third kappa shape index (κ3) is 1.95. The van der Waals surface area contributed by atoms with Gasteiger partial charge in [0.2, 0.25) is 5.95 Å². The Morgan fingerprint density at radius 3 is 2.44 bits per heavy atom. The largest absolute Gasteiger partial charge is 0.370 e. The number of benzene rings is 2. The van der Waals surface area contributed by atoms with Crippen LogP contribution in [-0.4, -0.2) is 25.1 Å². The molecule has 0 fully saturated rings. The van der Waals surface area contributed by atoms with Crippen molar-refractivity contribution in [3.8, 4) is 0 Å². The van der Waals surface area contributed by atoms with Crippen LogP contribution >= 0.6 is 0 Å². The van der Waals surface area contributed by atoms with Crippen LogP contribution in [0, 0.1) is 0 Å². The summed E-state index contributed by atoms with van der Waals surface area (Å²) in [6.07, 6.45) is -0.351. The average Bonchev–Trinajstić information content (AvgIpc) is 3.18. The number of rotatable bonds is 2. The third-order valence-electron chi connectivity index (χ3n) is 4.57. The molecule has 3 N–H and O–H groups in total. The smallest absolute Gasteiger partial charge is 0.212 e. The van der Waals surface area contributed by atoms with Crippen LogP contribution < -0.4 is 11.1 Å². The van der Waals surface area contributed by atoms with Gasteiger partial charge in [0, 0.05) is 6.54 Å². The molecule has 2 aromatic heterocycles. The molecule has 7 nitrogen and oxygen atoms in total. The van der Waals surface area contributed by atoms with Gasteiger partial charge in [0.15, 0.2) is 17.9 Å². The predicted molar refractivity (Wildman–Crippen MR) is 98.5 cm³/mol. The molecule has 0 radical (unpaired) electrons. The summed E-state index contributed by atoms with van der Waals surface area (Å²) >= 11 is 0. The number of aryl methyl sites for hydroxylation is 1. The number of imidazole rings is 2. The second-order valence-corrected chi connectivity index (χ2v) is 6.01. The van der Waals surface area contributed by atoms with E-state index < -0.39 is 0 Å². The molecular weight excluding hydrogens is 314 g/mol. The number of nitrogens with two attached hydrogens (primary N) is 1. The van der Waals surface area contributed by atoms with Gasteiger partial charge in [-0.05, 0) is 31.2 Å². The summed E-state index contributed by atoms with van der Waals surface area (Å²) in [4.78, 5) is 14.1. The fourth-order valence-corrected chi connectivity index (χ4v) is 3.51. The maximum absolute atomic E-state index is 6.03. The average molecular weight is 331 g/mol. The number of aliphatic imine (C=N–C) groups is 1. The van der Waals surface area contributed by atoms with Crippen LogP contribution in [0.4, 0.5) is 5.95 Å². The van der Waals surface area contributed by atoms with Crippen LogP contribution in [0.1, 0.15) is 18.9 Å². The van der Waals surface area contributed by atoms with Gasteiger partial charge >= 0.3 is 0 Å². The number of aromatic nitrogens is 4. The van der Waals surface area contributed by atoms with Gasteiger partial charge in [0.1, 0.15) is 0 Å². The Kier molecular flexibility index (Phi) is 2.85. The topological polar surface area (TPSA) is 86.0 Å². The van der Waals surface area contributed by atoms with Gasteiger partial charge in [-0.1, -0.05) is 24.3 Å². The van der Waals surface area contributed by atoms with Gasteiger partial charge in [0.05, 0.1) is 22.1 Å². The first-order valence-electron chi connectivity index (χ1n) is 8.28. The summed E-state index contributed by atoms with van der Waals surface area (Å²) in [7, 11) is 0. The lowest BCUT2D eigenvalue weighted by atomic mass is 10.3. The van der Waals surface area contributed by atoms with Crippen molar-refractivity contribution in [3.63, 3.8) is 0 Å². The van der Waals surface area contributed by atoms with Crippen LogP contribution in [0.5, 0.6) is 0 Å². The van der Waals surface area contributed by atoms with E-state index in [0.717, 1.165) is 34.4 Å². The third-order valence-corrected chi connectivity index (χ3v) is 4.57. The van der Waals surface area contributed by atoms with E-state index in [9.17, 15) is 0 Å². The molecule has 25 heavy (non-hydrogen) atoms. The number of hydrogen-bond donors (Lipinski definition) is 2. The molecule has 5 rings (SSSR count). The van der Waals surface area contributed by atoms with Gasteiger partial charge in [-0.15, -0.1) is 0 Å². The van der Waals surface area contributed by atoms with Gasteiger partial charge < -0.3 is 10.3 Å². The Hall–Kier alpha value is -3.35. The molecule has 1 aliphatic heterocycles. The summed E-state index contributed by atoms with van der Waals surface area (Å²) in [5, 5.41) is 3.06. The number of hydrogen-bond acceptors (Lipinski definition) is 5. The Balaban J connectivity index is 1.81. The second-order valence-electron chi connectivity index (χ2n) is 6.01. The van der Waals surface area contributed by atoms with Crippen LogP contribution in [0.15, 0.2) is 53.5 Å². The lowest BCUT2D eigenvalue weighted by Crippen LogP contribution is -2.32. The highest BCUT2D eigenvalue weighted by molar-refractivity contribution is 5.94. The van der Waals surface area contributed by atoms with Crippen LogP contribution in [0.2, 0.25) is 0 Å². The molecule has 1 aliphatic rings. The molecule has 0 saturated carbocycles. The Morgan fingerprint density at radius 1 is 1.00 bits per heavy atom. The summed E-state index contributed by atoms with van der Waals surface area (Å²) < 4.78 is 4.24. The molecule has 124 valence electrons. The maximum Gasteiger partial charge on any atom is 0.212 e. The molecule has 0 aliphatic carbocycles. The molecule has 1 atom stereocenters. The van der Waals surface area contributed by atoms with Gasteiger partial charge in [-0.25, -0.2) is 15.0 Å². The molecule has 7 heteroatoms. The number of nitrogens with zero attached hydrogens (tertiary/aromatic N) is 5. The van der Waals surface area contributed by atoms with E-state index in [1.807, 2.05) is 42.5 Å². The summed E-state index contributed by atoms with van der Waals surface area (Å²) in [5.41, 5.74) is 9.99. The zero-order valence-corrected chi connectivity index (χ0v) is 13.7. The number of anilines is 1. The van der Waals surface area contributed by atoms with Crippen molar-refractivity contribution in [1.29, 1.82) is 0 Å². The van der Waals surface area contributed by atoms with E-state index in [2.05, 4.69) is 37.4 Å². The van der Waals surface area contributed by atoms with Crippen molar-refractivity contribution >= 4 is 34.0 Å². The first kappa shape index (κ1) is 14.0. The zero-order chi connectivity index (χ0) is 17.0. The lowest BCUT2D eigenvalue weighted by molar-refractivity contribution is 0.552. The predicted octanol–water partition coefficient (Wildman–Crippen LogP) is 2.69. The van der Waals surface area contributed by atoms with Crippen molar-refractivity contribution in [2.24, 2.45) is 10.7 Å². The standard InChI is InChI=1S/C18H17N7/c1-2-24-13-9-5-3-7-11(13)20-15(24)16-22-17(19)23-18-21-12-8-4-6-10-14(12)25(16)18/h3-10,16H,2H2,1H3,(H3,19,21,22,23). The normalized spacial score (nSPS) is 16.7. The van der Waals surface area contributed by atoms with Crippen LogP contribution in [0.25, 0.3) is 22.1 Å². The summed E-state index contributed by atoms with van der Waals surface area (Å²) in [5.74, 6) is 1.90. The molecule has 0 amide bonds. The number of fused-ring (bicyclic) bond motifs is 4. The van der Waals surface area contributed by atoms with Crippen molar-refractivity contribution in [2.45, 2.75) is 19.6 Å². The minimum absolute atomic E-state index is 0.350. The van der Waals surface area contributed by atoms with Crippen LogP contribution in [-0.2, 0) is 6.54 Å². The number of para-hydroxylation sites is 4. The quantitative estimate of drug-likeness (QED) is 0.591. The fraction of sp³-hybridized carbons (Fsp3) is 0.167. The highest BCUT2D eigenvalue weighted by Crippen LogP contribution is 2.33. The van der Waals surface area contributed by atoms with Gasteiger partial charge in [0.25, 0.3) is 0 Å². The maximum atomic E-state index is 6.03. The van der Waals surface area contributed by atoms with Crippen molar-refractivity contribution in [3.05, 3.63) is 54.4 Å². The zero-order valence-electron chi connectivity index (χ0n) is 13.7. The molecule has 0 spiro atoms. The van der Waals surface area contributed by atoms with Crippen molar-refractivity contribution in [2.75, 3.05) is 5.32 Å². The second kappa shape index (κ2) is 5.07. The minimum Gasteiger partial charge on any atom is -0.370 e. The Labute approximate surface area is 143 Å². The van der Waals surface area contributed by atoms with E-state index in [4.69, 9.17) is 10.7 Å². The van der Waals surface area contributed by atoms with Gasteiger partial charge in [-0.3, -0.25) is 9.88 Å². The monoisotopic (exact) mass is 331 g/mol. The highest BCUT2D eigenvalue weighted by atomic mass is 15.4. The van der Waals surface area contributed by atoms with E-state index in [1.165, 1.54) is 0 Å². The van der Waals surface area contributed by atoms with E-state index in [1.54, 1.807) is 0 Å². The lowest BCUT2D eigenvalue weighted by Gasteiger charge is -2.23. The van der Waals surface area contributed by atoms with E-state index >= 15 is 0 Å². The first-order chi connectivity index (χ1) is 12.3. The van der Waals surface area contributed by atoms with Crippen LogP contribution in [0.3, 0.4) is 0 Å².